The van der Waals surface area contributed by atoms with Gasteiger partial charge in [-0.15, -0.1) is 0 Å². The summed E-state index contributed by atoms with van der Waals surface area (Å²) < 4.78 is 5.26. The third-order valence-corrected chi connectivity index (χ3v) is 4.00. The molecule has 1 aliphatic rings. The van der Waals surface area contributed by atoms with E-state index in [4.69, 9.17) is 4.74 Å². The fourth-order valence-electron chi connectivity index (χ4n) is 2.92. The van der Waals surface area contributed by atoms with Gasteiger partial charge in [-0.3, -0.25) is 4.79 Å². The van der Waals surface area contributed by atoms with Gasteiger partial charge >= 0.3 is 0 Å². The van der Waals surface area contributed by atoms with Crippen LogP contribution in [0.5, 0.6) is 5.75 Å². The highest BCUT2D eigenvalue weighted by Crippen LogP contribution is 2.28. The minimum atomic E-state index is -0.119. The summed E-state index contributed by atoms with van der Waals surface area (Å²) in [7, 11) is 1.58. The van der Waals surface area contributed by atoms with Crippen molar-refractivity contribution in [3.63, 3.8) is 0 Å². The molecule has 0 heterocycles. The molecule has 1 aliphatic carbocycles. The van der Waals surface area contributed by atoms with E-state index in [0.29, 0.717) is 11.3 Å². The number of methoxy groups -OCH3 is 1. The van der Waals surface area contributed by atoms with Gasteiger partial charge in [0.2, 0.25) is 0 Å². The lowest BCUT2D eigenvalue weighted by Gasteiger charge is -2.20. The second kappa shape index (κ2) is 6.00. The molecule has 108 valence electrons. The molecule has 21 heavy (non-hydrogen) atoms. The van der Waals surface area contributed by atoms with Crippen LogP contribution >= 0.6 is 0 Å². The number of ether oxygens (including phenoxy) is 1. The average Bonchev–Trinajstić information content (AvgIpc) is 2.55. The van der Waals surface area contributed by atoms with Gasteiger partial charge in [-0.2, -0.15) is 0 Å². The Kier molecular flexibility index (Phi) is 3.91. The Morgan fingerprint density at radius 1 is 1.05 bits per heavy atom. The van der Waals surface area contributed by atoms with Crippen molar-refractivity contribution < 1.29 is 9.53 Å². The summed E-state index contributed by atoms with van der Waals surface area (Å²) in [6, 6.07) is 13.4. The van der Waals surface area contributed by atoms with Gasteiger partial charge in [-0.05, 0) is 55.0 Å². The Morgan fingerprint density at radius 3 is 2.71 bits per heavy atom. The van der Waals surface area contributed by atoms with Crippen LogP contribution < -0.4 is 10.1 Å². The van der Waals surface area contributed by atoms with Crippen molar-refractivity contribution in [2.24, 2.45) is 0 Å². The van der Waals surface area contributed by atoms with E-state index in [1.54, 1.807) is 19.2 Å². The zero-order valence-electron chi connectivity index (χ0n) is 12.2. The molecule has 0 saturated carbocycles. The van der Waals surface area contributed by atoms with Gasteiger partial charge < -0.3 is 10.1 Å². The number of fused-ring (bicyclic) bond motifs is 1. The number of para-hydroxylation sites is 1. The summed E-state index contributed by atoms with van der Waals surface area (Å²) in [6.07, 6.45) is 4.57. The minimum Gasteiger partial charge on any atom is -0.496 e. The van der Waals surface area contributed by atoms with E-state index in [9.17, 15) is 4.79 Å². The third kappa shape index (κ3) is 2.77. The molecule has 1 amide bonds. The molecule has 3 nitrogen and oxygen atoms in total. The quantitative estimate of drug-likeness (QED) is 0.928. The molecule has 2 aromatic carbocycles. The van der Waals surface area contributed by atoms with E-state index in [-0.39, 0.29) is 5.91 Å². The molecule has 0 aromatic heterocycles. The second-order valence-electron chi connectivity index (χ2n) is 5.30. The molecule has 0 bridgehead atoms. The number of carbonyl (C=O) groups is 1. The first-order chi connectivity index (χ1) is 10.3. The summed E-state index contributed by atoms with van der Waals surface area (Å²) in [5.74, 6) is 0.478. The van der Waals surface area contributed by atoms with Gasteiger partial charge in [-0.1, -0.05) is 24.3 Å². The van der Waals surface area contributed by atoms with Gasteiger partial charge in [0.05, 0.1) is 12.7 Å². The smallest absolute Gasteiger partial charge is 0.259 e. The molecule has 3 heteroatoms. The first-order valence-electron chi connectivity index (χ1n) is 7.34. The van der Waals surface area contributed by atoms with Gasteiger partial charge in [0.15, 0.2) is 0 Å². The van der Waals surface area contributed by atoms with Crippen molar-refractivity contribution in [2.75, 3.05) is 12.4 Å². The van der Waals surface area contributed by atoms with Crippen molar-refractivity contribution in [3.05, 3.63) is 59.2 Å². The van der Waals surface area contributed by atoms with Crippen LogP contribution in [0.2, 0.25) is 0 Å². The Labute approximate surface area is 124 Å². The van der Waals surface area contributed by atoms with Gasteiger partial charge in [0, 0.05) is 5.69 Å². The lowest BCUT2D eigenvalue weighted by atomic mass is 9.90. The zero-order valence-corrected chi connectivity index (χ0v) is 12.2. The number of amides is 1. The number of anilines is 1. The molecule has 0 radical (unpaired) electrons. The molecule has 0 unspecified atom stereocenters. The molecule has 2 aromatic rings. The van der Waals surface area contributed by atoms with Gasteiger partial charge in [-0.25, -0.2) is 0 Å². The third-order valence-electron chi connectivity index (χ3n) is 4.00. The number of rotatable bonds is 3. The first-order valence-corrected chi connectivity index (χ1v) is 7.34. The maximum absolute atomic E-state index is 12.5. The van der Waals surface area contributed by atoms with Crippen molar-refractivity contribution in [1.82, 2.24) is 0 Å². The number of hydrogen-bond acceptors (Lipinski definition) is 2. The van der Waals surface area contributed by atoms with Crippen molar-refractivity contribution in [3.8, 4) is 5.75 Å². The van der Waals surface area contributed by atoms with Crippen molar-refractivity contribution >= 4 is 11.6 Å². The predicted molar refractivity (Wildman–Crippen MR) is 84.0 cm³/mol. The maximum atomic E-state index is 12.5. The van der Waals surface area contributed by atoms with E-state index in [1.807, 2.05) is 24.3 Å². The van der Waals surface area contributed by atoms with Crippen LogP contribution in [0.3, 0.4) is 0 Å². The molecule has 0 spiro atoms. The molecule has 0 aliphatic heterocycles. The van der Waals surface area contributed by atoms with Crippen LogP contribution in [-0.4, -0.2) is 13.0 Å². The van der Waals surface area contributed by atoms with E-state index in [0.717, 1.165) is 18.5 Å². The maximum Gasteiger partial charge on any atom is 0.259 e. The summed E-state index contributed by atoms with van der Waals surface area (Å²) in [6.45, 7) is 0. The normalized spacial score (nSPS) is 13.4. The molecule has 0 fully saturated rings. The summed E-state index contributed by atoms with van der Waals surface area (Å²) in [5.41, 5.74) is 4.14. The molecule has 1 N–H and O–H groups in total. The highest BCUT2D eigenvalue weighted by molar-refractivity contribution is 6.06. The van der Waals surface area contributed by atoms with Gasteiger partial charge in [0.1, 0.15) is 5.75 Å². The Morgan fingerprint density at radius 2 is 1.86 bits per heavy atom. The number of aryl methyl sites for hydroxylation is 1. The summed E-state index contributed by atoms with van der Waals surface area (Å²) in [4.78, 5) is 12.5. The standard InChI is InChI=1S/C18H19NO2/c1-21-17-12-5-4-10-15(17)18(20)19-16-11-6-8-13-7-2-3-9-14(13)16/h4-6,8,10-12H,2-3,7,9H2,1H3,(H,19,20). The Balaban J connectivity index is 1.88. The molecular formula is C18H19NO2. The zero-order chi connectivity index (χ0) is 14.7. The van der Waals surface area contributed by atoms with E-state index < -0.39 is 0 Å². The van der Waals surface area contributed by atoms with E-state index in [2.05, 4.69) is 11.4 Å². The summed E-state index contributed by atoms with van der Waals surface area (Å²) >= 11 is 0. The van der Waals surface area contributed by atoms with Crippen LogP contribution in [0.15, 0.2) is 42.5 Å². The predicted octanol–water partition coefficient (Wildman–Crippen LogP) is 3.83. The lowest BCUT2D eigenvalue weighted by Crippen LogP contribution is -2.16. The van der Waals surface area contributed by atoms with Crippen LogP contribution in [0.25, 0.3) is 0 Å². The molecular weight excluding hydrogens is 262 g/mol. The van der Waals surface area contributed by atoms with Crippen LogP contribution in [0.1, 0.15) is 34.3 Å². The molecule has 3 rings (SSSR count). The number of hydrogen-bond donors (Lipinski definition) is 1. The fourth-order valence-corrected chi connectivity index (χ4v) is 2.92. The first kappa shape index (κ1) is 13.7. The number of carbonyl (C=O) groups excluding carboxylic acids is 1. The van der Waals surface area contributed by atoms with E-state index >= 15 is 0 Å². The van der Waals surface area contributed by atoms with Gasteiger partial charge in [0.25, 0.3) is 5.91 Å². The second-order valence-corrected chi connectivity index (χ2v) is 5.30. The van der Waals surface area contributed by atoms with E-state index in [1.165, 1.54) is 24.0 Å². The van der Waals surface area contributed by atoms with Crippen LogP contribution in [0.4, 0.5) is 5.69 Å². The van der Waals surface area contributed by atoms with Crippen LogP contribution in [0, 0.1) is 0 Å². The van der Waals surface area contributed by atoms with Crippen LogP contribution in [-0.2, 0) is 12.8 Å². The largest absolute Gasteiger partial charge is 0.496 e. The Bertz CT molecular complexity index is 664. The molecule has 0 saturated heterocycles. The van der Waals surface area contributed by atoms with Crippen molar-refractivity contribution in [2.45, 2.75) is 25.7 Å². The number of nitrogens with one attached hydrogen (secondary N) is 1. The highest BCUT2D eigenvalue weighted by atomic mass is 16.5. The summed E-state index contributed by atoms with van der Waals surface area (Å²) in [5, 5.41) is 3.04. The average molecular weight is 281 g/mol. The minimum absolute atomic E-state index is 0.119. The topological polar surface area (TPSA) is 38.3 Å². The number of benzene rings is 2. The monoisotopic (exact) mass is 281 g/mol. The highest BCUT2D eigenvalue weighted by Gasteiger charge is 2.16. The van der Waals surface area contributed by atoms with Crippen molar-refractivity contribution in [1.29, 1.82) is 0 Å². The lowest BCUT2D eigenvalue weighted by molar-refractivity contribution is 0.102. The SMILES string of the molecule is COc1ccccc1C(=O)Nc1cccc2c1CCCC2. The molecule has 0 atom stereocenters. The Hall–Kier alpha value is -2.29. The fraction of sp³-hybridized carbons (Fsp3) is 0.278.